The lowest BCUT2D eigenvalue weighted by molar-refractivity contribution is 0.314. The Labute approximate surface area is 186 Å². The summed E-state index contributed by atoms with van der Waals surface area (Å²) in [7, 11) is 0. The van der Waals surface area contributed by atoms with Gasteiger partial charge in [-0.3, -0.25) is 0 Å². The van der Waals surface area contributed by atoms with E-state index in [9.17, 15) is 17.6 Å². The first-order valence-corrected chi connectivity index (χ1v) is 11.9. The van der Waals surface area contributed by atoms with Crippen LogP contribution in [0.5, 0.6) is 0 Å². The van der Waals surface area contributed by atoms with Crippen LogP contribution in [0.3, 0.4) is 0 Å². The molecule has 4 atom stereocenters. The van der Waals surface area contributed by atoms with Gasteiger partial charge < -0.3 is 10.6 Å². The van der Waals surface area contributed by atoms with Crippen LogP contribution in [0.1, 0.15) is 72.6 Å². The molecule has 2 aliphatic carbocycles. The van der Waals surface area contributed by atoms with Gasteiger partial charge in [0.15, 0.2) is 0 Å². The Hall–Kier alpha value is -1.92. The van der Waals surface area contributed by atoms with E-state index in [1.54, 1.807) is 0 Å². The summed E-state index contributed by atoms with van der Waals surface area (Å²) in [6.07, 6.45) is 7.70. The van der Waals surface area contributed by atoms with Gasteiger partial charge in [-0.05, 0) is 111 Å². The number of fused-ring (bicyclic) bond motifs is 6. The molecule has 2 heterocycles. The van der Waals surface area contributed by atoms with E-state index in [0.717, 1.165) is 98.8 Å². The van der Waals surface area contributed by atoms with Crippen molar-refractivity contribution in [1.82, 2.24) is 10.6 Å². The highest BCUT2D eigenvalue weighted by Gasteiger charge is 2.34. The molecule has 2 aromatic carbocycles. The van der Waals surface area contributed by atoms with Crippen molar-refractivity contribution in [3.05, 3.63) is 69.8 Å². The topological polar surface area (TPSA) is 24.1 Å². The van der Waals surface area contributed by atoms with Crippen LogP contribution < -0.4 is 10.6 Å². The molecule has 32 heavy (non-hydrogen) atoms. The maximum atomic E-state index is 13.6. The molecule has 0 aromatic heterocycles. The van der Waals surface area contributed by atoms with Gasteiger partial charge in [-0.15, -0.1) is 0 Å². The highest BCUT2D eigenvalue weighted by Crippen LogP contribution is 2.39. The first kappa shape index (κ1) is 21.9. The van der Waals surface area contributed by atoms with Gasteiger partial charge in [0, 0.05) is 24.2 Å². The fraction of sp³-hybridized carbons (Fsp3) is 0.538. The van der Waals surface area contributed by atoms with E-state index in [1.165, 1.54) is 12.1 Å². The molecule has 0 amide bonds. The van der Waals surface area contributed by atoms with E-state index in [1.807, 2.05) is 0 Å². The summed E-state index contributed by atoms with van der Waals surface area (Å²) in [4.78, 5) is 0. The number of nitrogens with one attached hydrogen (secondary N) is 2. The zero-order chi connectivity index (χ0) is 22.2. The molecule has 2 unspecified atom stereocenters. The molecule has 0 spiro atoms. The summed E-state index contributed by atoms with van der Waals surface area (Å²) in [5, 5.41) is 6.91. The molecule has 6 heteroatoms. The van der Waals surface area contributed by atoms with Crippen molar-refractivity contribution in [2.75, 3.05) is 13.1 Å². The van der Waals surface area contributed by atoms with Crippen LogP contribution in [0, 0.1) is 23.3 Å². The minimum Gasteiger partial charge on any atom is -0.313 e. The molecule has 2 saturated heterocycles. The van der Waals surface area contributed by atoms with Crippen molar-refractivity contribution < 1.29 is 17.6 Å². The molecule has 172 valence electrons. The fourth-order valence-electron chi connectivity index (χ4n) is 6.29. The van der Waals surface area contributed by atoms with Crippen molar-refractivity contribution >= 4 is 0 Å². The SMILES string of the molecule is Fc1cc(F)c2c(c1)C1CCCN[C@@H]1CC2.Fc1cc(F)c2c(c1)C1CCCN[C@H]1CC2. The Morgan fingerprint density at radius 3 is 1.47 bits per heavy atom. The first-order valence-electron chi connectivity index (χ1n) is 11.9. The van der Waals surface area contributed by atoms with Crippen LogP contribution in [0.15, 0.2) is 24.3 Å². The summed E-state index contributed by atoms with van der Waals surface area (Å²) >= 11 is 0. The highest BCUT2D eigenvalue weighted by molar-refractivity contribution is 5.37. The van der Waals surface area contributed by atoms with Crippen LogP contribution in [0.2, 0.25) is 0 Å². The number of hydrogen-bond acceptors (Lipinski definition) is 2. The number of hydrogen-bond donors (Lipinski definition) is 2. The number of piperidine rings is 2. The molecule has 2 fully saturated rings. The molecule has 2 N–H and O–H groups in total. The molecule has 6 rings (SSSR count). The molecular weight excluding hydrogens is 416 g/mol. The largest absolute Gasteiger partial charge is 0.313 e. The van der Waals surface area contributed by atoms with Crippen LogP contribution in [0.25, 0.3) is 0 Å². The van der Waals surface area contributed by atoms with Gasteiger partial charge >= 0.3 is 0 Å². The number of rotatable bonds is 0. The summed E-state index contributed by atoms with van der Waals surface area (Å²) in [6.45, 7) is 2.07. The zero-order valence-corrected chi connectivity index (χ0v) is 18.2. The molecule has 2 aliphatic heterocycles. The van der Waals surface area contributed by atoms with Crippen LogP contribution in [0.4, 0.5) is 17.6 Å². The van der Waals surface area contributed by atoms with E-state index in [0.29, 0.717) is 23.9 Å². The second kappa shape index (κ2) is 9.14. The van der Waals surface area contributed by atoms with E-state index >= 15 is 0 Å². The van der Waals surface area contributed by atoms with Crippen molar-refractivity contribution in [3.63, 3.8) is 0 Å². The summed E-state index contributed by atoms with van der Waals surface area (Å²) in [6, 6.07) is 5.92. The van der Waals surface area contributed by atoms with E-state index in [-0.39, 0.29) is 11.6 Å². The monoisotopic (exact) mass is 446 g/mol. The highest BCUT2D eigenvalue weighted by atomic mass is 19.1. The van der Waals surface area contributed by atoms with Gasteiger partial charge in [0.2, 0.25) is 0 Å². The van der Waals surface area contributed by atoms with Crippen LogP contribution >= 0.6 is 0 Å². The van der Waals surface area contributed by atoms with Crippen molar-refractivity contribution in [3.8, 4) is 0 Å². The zero-order valence-electron chi connectivity index (χ0n) is 18.2. The summed E-state index contributed by atoms with van der Waals surface area (Å²) in [5.41, 5.74) is 3.29. The summed E-state index contributed by atoms with van der Waals surface area (Å²) in [5.74, 6) is -0.992. The van der Waals surface area contributed by atoms with Gasteiger partial charge in [-0.25, -0.2) is 17.6 Å². The molecule has 0 radical (unpaired) electrons. The number of halogens is 4. The average molecular weight is 447 g/mol. The second-order valence-electron chi connectivity index (χ2n) is 9.61. The smallest absolute Gasteiger partial charge is 0.129 e. The molecule has 0 bridgehead atoms. The quantitative estimate of drug-likeness (QED) is 0.523. The third-order valence-electron chi connectivity index (χ3n) is 7.77. The lowest BCUT2D eigenvalue weighted by atomic mass is 9.75. The fourth-order valence-corrected chi connectivity index (χ4v) is 6.29. The Kier molecular flexibility index (Phi) is 6.26. The van der Waals surface area contributed by atoms with Gasteiger partial charge in [-0.2, -0.15) is 0 Å². The Morgan fingerprint density at radius 2 is 1.03 bits per heavy atom. The predicted molar refractivity (Wildman–Crippen MR) is 117 cm³/mol. The Balaban J connectivity index is 0.000000135. The molecule has 4 aliphatic rings. The van der Waals surface area contributed by atoms with E-state index < -0.39 is 11.6 Å². The molecule has 2 nitrogen and oxygen atoms in total. The van der Waals surface area contributed by atoms with Crippen molar-refractivity contribution in [2.24, 2.45) is 0 Å². The minimum atomic E-state index is -0.442. The van der Waals surface area contributed by atoms with Gasteiger partial charge in [-0.1, -0.05) is 0 Å². The Morgan fingerprint density at radius 1 is 0.594 bits per heavy atom. The third kappa shape index (κ3) is 4.19. The molecular formula is C26H30F4N2. The van der Waals surface area contributed by atoms with Gasteiger partial charge in [0.25, 0.3) is 0 Å². The number of benzene rings is 2. The first-order chi connectivity index (χ1) is 15.5. The molecule has 0 saturated carbocycles. The maximum absolute atomic E-state index is 13.6. The Bertz CT molecular complexity index is 913. The molecule has 2 aromatic rings. The predicted octanol–water partition coefficient (Wildman–Crippen LogP) is 5.49. The van der Waals surface area contributed by atoms with Crippen molar-refractivity contribution in [1.29, 1.82) is 0 Å². The normalized spacial score (nSPS) is 28.4. The van der Waals surface area contributed by atoms with E-state index in [2.05, 4.69) is 10.6 Å². The summed E-state index contributed by atoms with van der Waals surface area (Å²) < 4.78 is 53.8. The minimum absolute atomic E-state index is 0.308. The van der Waals surface area contributed by atoms with Crippen LogP contribution in [-0.4, -0.2) is 25.2 Å². The lowest BCUT2D eigenvalue weighted by Crippen LogP contribution is -2.42. The average Bonchev–Trinajstić information content (AvgIpc) is 2.79. The lowest BCUT2D eigenvalue weighted by Gasteiger charge is -2.38. The standard InChI is InChI=1S/2C13H15F2N/c2*14-8-6-11-9(12(15)7-8)3-4-13-10(11)2-1-5-16-13/h2*6-7,10,13,16H,1-5H2/t2*10?,13-/m10/s1. The van der Waals surface area contributed by atoms with Crippen LogP contribution in [-0.2, 0) is 12.8 Å². The van der Waals surface area contributed by atoms with E-state index in [4.69, 9.17) is 0 Å². The van der Waals surface area contributed by atoms with Crippen molar-refractivity contribution in [2.45, 2.75) is 75.3 Å². The second-order valence-corrected chi connectivity index (χ2v) is 9.61. The maximum Gasteiger partial charge on any atom is 0.129 e. The van der Waals surface area contributed by atoms with Gasteiger partial charge in [0.1, 0.15) is 23.3 Å². The van der Waals surface area contributed by atoms with Gasteiger partial charge in [0.05, 0.1) is 0 Å². The third-order valence-corrected chi connectivity index (χ3v) is 7.77.